The second kappa shape index (κ2) is 12.9. The van der Waals surface area contributed by atoms with Gasteiger partial charge in [0, 0.05) is 6.42 Å². The van der Waals surface area contributed by atoms with Crippen LogP contribution in [0, 0.1) is 0 Å². The second-order valence-electron chi connectivity index (χ2n) is 5.27. The van der Waals surface area contributed by atoms with E-state index in [-0.39, 0.29) is 24.3 Å². The van der Waals surface area contributed by atoms with Crippen LogP contribution in [0.3, 0.4) is 0 Å². The van der Waals surface area contributed by atoms with Crippen molar-refractivity contribution >= 4 is 24.3 Å². The minimum Gasteiger partial charge on any atom is -0.465 e. The molecule has 0 saturated heterocycles. The van der Waals surface area contributed by atoms with Gasteiger partial charge >= 0.3 is 11.9 Å². The van der Waals surface area contributed by atoms with Crippen LogP contribution in [-0.2, 0) is 25.7 Å². The summed E-state index contributed by atoms with van der Waals surface area (Å²) in [5.74, 6) is -0.545. The Morgan fingerprint density at radius 1 is 1.04 bits per heavy atom. The predicted octanol–water partition coefficient (Wildman–Crippen LogP) is 2.99. The van der Waals surface area contributed by atoms with Crippen LogP contribution in [0.2, 0.25) is 0 Å². The fourth-order valence-electron chi connectivity index (χ4n) is 1.84. The Kier molecular flexibility index (Phi) is 12.0. The number of hydrogen-bond acceptors (Lipinski definition) is 5. The van der Waals surface area contributed by atoms with Crippen molar-refractivity contribution in [3.63, 3.8) is 0 Å². The van der Waals surface area contributed by atoms with Gasteiger partial charge in [0.05, 0.1) is 6.61 Å². The van der Waals surface area contributed by atoms with Gasteiger partial charge in [-0.15, -0.1) is 12.4 Å². The lowest BCUT2D eigenvalue weighted by atomic mass is 10.1. The number of rotatable bonds is 10. The Labute approximate surface area is 143 Å². The number of ether oxygens (including phenoxy) is 2. The number of benzene rings is 1. The Balaban J connectivity index is 0.00000484. The molecule has 1 aromatic rings. The lowest BCUT2D eigenvalue weighted by Gasteiger charge is -2.07. The third-order valence-corrected chi connectivity index (χ3v) is 3.13. The first-order valence-corrected chi connectivity index (χ1v) is 7.71. The highest BCUT2D eigenvalue weighted by Gasteiger charge is 2.07. The Bertz CT molecular complexity index is 451. The molecule has 0 amide bonds. The second-order valence-corrected chi connectivity index (χ2v) is 5.27. The van der Waals surface area contributed by atoms with Gasteiger partial charge in [0.15, 0.2) is 0 Å². The molecule has 6 heteroatoms. The smallest absolute Gasteiger partial charge is 0.322 e. The van der Waals surface area contributed by atoms with Gasteiger partial charge in [0.1, 0.15) is 12.6 Å². The molecule has 1 rings (SSSR count). The topological polar surface area (TPSA) is 78.6 Å². The van der Waals surface area contributed by atoms with E-state index in [1.165, 1.54) is 0 Å². The molecular formula is C17H26ClNO4. The molecule has 0 aliphatic carbocycles. The average molecular weight is 344 g/mol. The van der Waals surface area contributed by atoms with E-state index in [0.29, 0.717) is 19.6 Å². The van der Waals surface area contributed by atoms with E-state index in [2.05, 4.69) is 0 Å². The van der Waals surface area contributed by atoms with Gasteiger partial charge in [-0.25, -0.2) is 0 Å². The minimum absolute atomic E-state index is 0. The SMILES string of the molecule is C[C@H](N)C(=O)OCCCCCCC(=O)OCc1ccccc1.Cl. The number of nitrogens with two attached hydrogens (primary N) is 1. The summed E-state index contributed by atoms with van der Waals surface area (Å²) >= 11 is 0. The number of hydrogen-bond donors (Lipinski definition) is 1. The average Bonchev–Trinajstić information content (AvgIpc) is 2.52. The van der Waals surface area contributed by atoms with E-state index in [1.54, 1.807) is 6.92 Å². The first kappa shape index (κ1) is 21.4. The lowest BCUT2D eigenvalue weighted by molar-refractivity contribution is -0.145. The van der Waals surface area contributed by atoms with Gasteiger partial charge in [0.25, 0.3) is 0 Å². The molecule has 0 aromatic heterocycles. The van der Waals surface area contributed by atoms with Gasteiger partial charge < -0.3 is 15.2 Å². The largest absolute Gasteiger partial charge is 0.465 e. The molecule has 0 aliphatic rings. The van der Waals surface area contributed by atoms with Crippen LogP contribution in [0.4, 0.5) is 0 Å². The van der Waals surface area contributed by atoms with Gasteiger partial charge in [-0.3, -0.25) is 9.59 Å². The van der Waals surface area contributed by atoms with Crippen molar-refractivity contribution in [1.29, 1.82) is 0 Å². The Hall–Kier alpha value is -1.59. The summed E-state index contributed by atoms with van der Waals surface area (Å²) in [6.07, 6.45) is 3.83. The maximum absolute atomic E-state index is 11.6. The van der Waals surface area contributed by atoms with Crippen molar-refractivity contribution in [1.82, 2.24) is 0 Å². The van der Waals surface area contributed by atoms with Crippen LogP contribution in [-0.4, -0.2) is 24.6 Å². The molecule has 130 valence electrons. The van der Waals surface area contributed by atoms with E-state index in [1.807, 2.05) is 30.3 Å². The summed E-state index contributed by atoms with van der Waals surface area (Å²) in [6, 6.07) is 9.05. The zero-order chi connectivity index (χ0) is 16.2. The fraction of sp³-hybridized carbons (Fsp3) is 0.529. The fourth-order valence-corrected chi connectivity index (χ4v) is 1.84. The standard InChI is InChI=1S/C17H25NO4.ClH/c1-14(18)17(20)21-12-8-3-2-7-11-16(19)22-13-15-9-5-4-6-10-15;/h4-6,9-10,14H,2-3,7-8,11-13,18H2,1H3;1H/t14-;/m0./s1. The normalized spacial score (nSPS) is 11.2. The van der Waals surface area contributed by atoms with E-state index in [9.17, 15) is 9.59 Å². The van der Waals surface area contributed by atoms with Gasteiger partial charge in [0.2, 0.25) is 0 Å². The van der Waals surface area contributed by atoms with Crippen molar-refractivity contribution in [2.75, 3.05) is 6.61 Å². The lowest BCUT2D eigenvalue weighted by Crippen LogP contribution is -2.28. The predicted molar refractivity (Wildman–Crippen MR) is 91.2 cm³/mol. The summed E-state index contributed by atoms with van der Waals surface area (Å²) < 4.78 is 10.2. The molecule has 0 spiro atoms. The summed E-state index contributed by atoms with van der Waals surface area (Å²) in [6.45, 7) is 2.31. The van der Waals surface area contributed by atoms with Gasteiger partial charge in [-0.2, -0.15) is 0 Å². The molecule has 0 fully saturated rings. The number of unbranched alkanes of at least 4 members (excludes halogenated alkanes) is 3. The number of carbonyl (C=O) groups excluding carboxylic acids is 2. The molecule has 0 heterocycles. The highest BCUT2D eigenvalue weighted by molar-refractivity contribution is 5.85. The molecule has 1 atom stereocenters. The Morgan fingerprint density at radius 2 is 1.70 bits per heavy atom. The van der Waals surface area contributed by atoms with E-state index in [4.69, 9.17) is 15.2 Å². The van der Waals surface area contributed by atoms with Crippen LogP contribution in [0.1, 0.15) is 44.6 Å². The van der Waals surface area contributed by atoms with E-state index in [0.717, 1.165) is 31.2 Å². The maximum atomic E-state index is 11.6. The molecule has 0 radical (unpaired) electrons. The van der Waals surface area contributed by atoms with Crippen LogP contribution in [0.5, 0.6) is 0 Å². The van der Waals surface area contributed by atoms with Crippen LogP contribution >= 0.6 is 12.4 Å². The minimum atomic E-state index is -0.570. The van der Waals surface area contributed by atoms with Gasteiger partial charge in [-0.05, 0) is 25.3 Å². The monoisotopic (exact) mass is 343 g/mol. The highest BCUT2D eigenvalue weighted by Crippen LogP contribution is 2.07. The van der Waals surface area contributed by atoms with E-state index < -0.39 is 6.04 Å². The maximum Gasteiger partial charge on any atom is 0.322 e. The molecule has 1 aromatic carbocycles. The summed E-state index contributed by atoms with van der Waals surface area (Å²) in [5.41, 5.74) is 6.37. The summed E-state index contributed by atoms with van der Waals surface area (Å²) in [4.78, 5) is 22.7. The van der Waals surface area contributed by atoms with Crippen molar-refractivity contribution in [3.05, 3.63) is 35.9 Å². The van der Waals surface area contributed by atoms with Crippen molar-refractivity contribution < 1.29 is 19.1 Å². The molecule has 5 nitrogen and oxygen atoms in total. The quantitative estimate of drug-likeness (QED) is 0.522. The van der Waals surface area contributed by atoms with E-state index >= 15 is 0 Å². The first-order chi connectivity index (χ1) is 10.6. The highest BCUT2D eigenvalue weighted by atomic mass is 35.5. The molecule has 0 saturated carbocycles. The molecule has 2 N–H and O–H groups in total. The van der Waals surface area contributed by atoms with Crippen LogP contribution in [0.15, 0.2) is 30.3 Å². The zero-order valence-corrected chi connectivity index (χ0v) is 14.3. The van der Waals surface area contributed by atoms with Crippen molar-refractivity contribution in [2.24, 2.45) is 5.73 Å². The molecule has 0 bridgehead atoms. The third kappa shape index (κ3) is 10.7. The zero-order valence-electron chi connectivity index (χ0n) is 13.5. The first-order valence-electron chi connectivity index (χ1n) is 7.71. The summed E-state index contributed by atoms with van der Waals surface area (Å²) in [7, 11) is 0. The van der Waals surface area contributed by atoms with Gasteiger partial charge in [-0.1, -0.05) is 43.2 Å². The van der Waals surface area contributed by atoms with Crippen molar-refractivity contribution in [3.8, 4) is 0 Å². The number of halogens is 1. The van der Waals surface area contributed by atoms with Crippen molar-refractivity contribution in [2.45, 2.75) is 51.7 Å². The number of carbonyl (C=O) groups is 2. The van der Waals surface area contributed by atoms with Crippen LogP contribution < -0.4 is 5.73 Å². The molecule has 0 unspecified atom stereocenters. The number of esters is 2. The molecule has 0 aliphatic heterocycles. The van der Waals surface area contributed by atoms with Crippen LogP contribution in [0.25, 0.3) is 0 Å². The Morgan fingerprint density at radius 3 is 2.35 bits per heavy atom. The molecule has 23 heavy (non-hydrogen) atoms. The molecular weight excluding hydrogens is 318 g/mol. The summed E-state index contributed by atoms with van der Waals surface area (Å²) in [5, 5.41) is 0. The third-order valence-electron chi connectivity index (χ3n) is 3.13.